The molecule has 2 atom stereocenters. The van der Waals surface area contributed by atoms with Gasteiger partial charge in [-0.2, -0.15) is 0 Å². The maximum Gasteiger partial charge on any atom is -0.00518 e. The van der Waals surface area contributed by atoms with Crippen molar-refractivity contribution in [1.82, 2.24) is 5.32 Å². The van der Waals surface area contributed by atoms with E-state index >= 15 is 0 Å². The lowest BCUT2D eigenvalue weighted by Gasteiger charge is -2.23. The molecule has 74 valence electrons. The lowest BCUT2D eigenvalue weighted by atomic mass is 9.83. The molecule has 0 aromatic rings. The molecule has 0 radical (unpaired) electrons. The summed E-state index contributed by atoms with van der Waals surface area (Å²) in [5, 5.41) is 3.19. The molecule has 2 unspecified atom stereocenters. The minimum Gasteiger partial charge on any atom is -0.320 e. The van der Waals surface area contributed by atoms with Gasteiger partial charge in [0, 0.05) is 0 Å². The molecule has 0 aliphatic carbocycles. The first kappa shape index (κ1) is 12.0. The van der Waals surface area contributed by atoms with E-state index in [1.165, 1.54) is 12.8 Å². The smallest absolute Gasteiger partial charge is 0.00518 e. The van der Waals surface area contributed by atoms with Crippen molar-refractivity contribution in [2.75, 3.05) is 13.6 Å². The summed E-state index contributed by atoms with van der Waals surface area (Å²) in [5.74, 6) is 2.56. The molecule has 0 aliphatic heterocycles. The van der Waals surface area contributed by atoms with Crippen molar-refractivity contribution in [3.63, 3.8) is 0 Å². The van der Waals surface area contributed by atoms with Gasteiger partial charge in [0.15, 0.2) is 0 Å². The van der Waals surface area contributed by atoms with Crippen LogP contribution in [0.2, 0.25) is 0 Å². The largest absolute Gasteiger partial charge is 0.320 e. The zero-order chi connectivity index (χ0) is 9.56. The van der Waals surface area contributed by atoms with Crippen LogP contribution in [-0.2, 0) is 0 Å². The van der Waals surface area contributed by atoms with Crippen LogP contribution < -0.4 is 5.32 Å². The molecule has 1 nitrogen and oxygen atoms in total. The van der Waals surface area contributed by atoms with Gasteiger partial charge in [-0.1, -0.05) is 27.7 Å². The van der Waals surface area contributed by atoms with Crippen molar-refractivity contribution in [3.8, 4) is 0 Å². The first-order valence-corrected chi connectivity index (χ1v) is 5.24. The van der Waals surface area contributed by atoms with Gasteiger partial charge in [-0.05, 0) is 44.2 Å². The van der Waals surface area contributed by atoms with Crippen molar-refractivity contribution >= 4 is 0 Å². The third kappa shape index (κ3) is 4.76. The molecule has 0 aromatic heterocycles. The minimum atomic E-state index is 0.828. The summed E-state index contributed by atoms with van der Waals surface area (Å²) in [4.78, 5) is 0. The van der Waals surface area contributed by atoms with Crippen molar-refractivity contribution in [3.05, 3.63) is 0 Å². The molecule has 1 N–H and O–H groups in total. The summed E-state index contributed by atoms with van der Waals surface area (Å²) < 4.78 is 0. The molecule has 0 saturated heterocycles. The van der Waals surface area contributed by atoms with Crippen LogP contribution in [-0.4, -0.2) is 13.6 Å². The van der Waals surface area contributed by atoms with Crippen molar-refractivity contribution < 1.29 is 0 Å². The highest BCUT2D eigenvalue weighted by atomic mass is 14.8. The van der Waals surface area contributed by atoms with E-state index in [9.17, 15) is 0 Å². The second kappa shape index (κ2) is 6.47. The molecule has 0 amide bonds. The number of rotatable bonds is 6. The summed E-state index contributed by atoms with van der Waals surface area (Å²) >= 11 is 0. The van der Waals surface area contributed by atoms with Crippen LogP contribution in [0.3, 0.4) is 0 Å². The quantitative estimate of drug-likeness (QED) is 0.606. The van der Waals surface area contributed by atoms with E-state index in [4.69, 9.17) is 0 Å². The molecule has 0 bridgehead atoms. The Balaban J connectivity index is 3.49. The average molecular weight is 171 g/mol. The fraction of sp³-hybridized carbons (Fsp3) is 1.00. The van der Waals surface area contributed by atoms with Crippen LogP contribution in [0.5, 0.6) is 0 Å². The molecule has 0 aromatic carbocycles. The summed E-state index contributed by atoms with van der Waals surface area (Å²) in [6.07, 6.45) is 2.68. The van der Waals surface area contributed by atoms with Crippen molar-refractivity contribution in [2.45, 2.75) is 40.5 Å². The van der Waals surface area contributed by atoms with E-state index in [0.717, 1.165) is 24.3 Å². The Morgan fingerprint density at radius 1 is 1.08 bits per heavy atom. The second-order valence-electron chi connectivity index (χ2n) is 4.33. The molecule has 0 saturated carbocycles. The van der Waals surface area contributed by atoms with Gasteiger partial charge in [-0.3, -0.25) is 0 Å². The lowest BCUT2D eigenvalue weighted by Crippen LogP contribution is -2.16. The fourth-order valence-corrected chi connectivity index (χ4v) is 1.52. The molecule has 12 heavy (non-hydrogen) atoms. The van der Waals surface area contributed by atoms with E-state index in [2.05, 4.69) is 33.0 Å². The maximum atomic E-state index is 3.19. The monoisotopic (exact) mass is 171 g/mol. The van der Waals surface area contributed by atoms with Gasteiger partial charge >= 0.3 is 0 Å². The summed E-state index contributed by atoms with van der Waals surface area (Å²) in [6, 6.07) is 0. The Morgan fingerprint density at radius 2 is 1.67 bits per heavy atom. The van der Waals surface area contributed by atoms with Crippen LogP contribution in [0.15, 0.2) is 0 Å². The average Bonchev–Trinajstić information content (AvgIpc) is 2.03. The normalized spacial score (nSPS) is 16.5. The van der Waals surface area contributed by atoms with E-state index < -0.39 is 0 Å². The molecule has 0 heterocycles. The summed E-state index contributed by atoms with van der Waals surface area (Å²) in [7, 11) is 2.02. The van der Waals surface area contributed by atoms with Gasteiger partial charge in [-0.25, -0.2) is 0 Å². The van der Waals surface area contributed by atoms with Crippen LogP contribution >= 0.6 is 0 Å². The van der Waals surface area contributed by atoms with Gasteiger partial charge in [0.05, 0.1) is 0 Å². The molecule has 1 heteroatoms. The van der Waals surface area contributed by atoms with Gasteiger partial charge < -0.3 is 5.32 Å². The van der Waals surface area contributed by atoms with E-state index in [-0.39, 0.29) is 0 Å². The fourth-order valence-electron chi connectivity index (χ4n) is 1.52. The zero-order valence-electron chi connectivity index (χ0n) is 9.35. The van der Waals surface area contributed by atoms with Crippen LogP contribution in [0.25, 0.3) is 0 Å². The molecular weight excluding hydrogens is 146 g/mol. The molecule has 0 aliphatic rings. The zero-order valence-corrected chi connectivity index (χ0v) is 9.35. The van der Waals surface area contributed by atoms with E-state index in [1.54, 1.807) is 0 Å². The van der Waals surface area contributed by atoms with Crippen LogP contribution in [0.4, 0.5) is 0 Å². The standard InChI is InChI=1S/C11H25N/c1-9(2)11(4)10(3)7-6-8-12-5/h9-12H,6-8H2,1-5H3. The van der Waals surface area contributed by atoms with E-state index in [0.29, 0.717) is 0 Å². The Bertz CT molecular complexity index is 99.2. The molecule has 0 rings (SSSR count). The first-order valence-electron chi connectivity index (χ1n) is 5.24. The van der Waals surface area contributed by atoms with Gasteiger partial charge in [0.25, 0.3) is 0 Å². The molecule has 0 fully saturated rings. The predicted molar refractivity (Wildman–Crippen MR) is 56.3 cm³/mol. The highest BCUT2D eigenvalue weighted by Gasteiger charge is 2.14. The Labute approximate surface area is 77.9 Å². The third-order valence-electron chi connectivity index (χ3n) is 3.04. The Morgan fingerprint density at radius 3 is 2.08 bits per heavy atom. The van der Waals surface area contributed by atoms with Crippen LogP contribution in [0, 0.1) is 17.8 Å². The minimum absolute atomic E-state index is 0.828. The Hall–Kier alpha value is -0.0400. The maximum absolute atomic E-state index is 3.19. The molecule has 0 spiro atoms. The highest BCUT2D eigenvalue weighted by Crippen LogP contribution is 2.23. The first-order chi connectivity index (χ1) is 5.59. The summed E-state index contributed by atoms with van der Waals surface area (Å²) in [6.45, 7) is 10.5. The topological polar surface area (TPSA) is 12.0 Å². The SMILES string of the molecule is CNCCCC(C)C(C)C(C)C. The highest BCUT2D eigenvalue weighted by molar-refractivity contribution is 4.65. The lowest BCUT2D eigenvalue weighted by molar-refractivity contribution is 0.277. The van der Waals surface area contributed by atoms with Crippen LogP contribution in [0.1, 0.15) is 40.5 Å². The van der Waals surface area contributed by atoms with Gasteiger partial charge in [0.2, 0.25) is 0 Å². The van der Waals surface area contributed by atoms with Crippen molar-refractivity contribution in [1.29, 1.82) is 0 Å². The van der Waals surface area contributed by atoms with E-state index in [1.807, 2.05) is 7.05 Å². The third-order valence-corrected chi connectivity index (χ3v) is 3.04. The number of hydrogen-bond donors (Lipinski definition) is 1. The second-order valence-corrected chi connectivity index (χ2v) is 4.33. The Kier molecular flexibility index (Phi) is 6.45. The molecular formula is C11H25N. The summed E-state index contributed by atoms with van der Waals surface area (Å²) in [5.41, 5.74) is 0. The predicted octanol–water partition coefficient (Wildman–Crippen LogP) is 2.91. The van der Waals surface area contributed by atoms with Gasteiger partial charge in [0.1, 0.15) is 0 Å². The number of nitrogens with one attached hydrogen (secondary N) is 1. The van der Waals surface area contributed by atoms with Crippen molar-refractivity contribution in [2.24, 2.45) is 17.8 Å². The number of hydrogen-bond acceptors (Lipinski definition) is 1. The van der Waals surface area contributed by atoms with Gasteiger partial charge in [-0.15, -0.1) is 0 Å².